The van der Waals surface area contributed by atoms with Crippen LogP contribution in [0.3, 0.4) is 0 Å². The van der Waals surface area contributed by atoms with Crippen LogP contribution in [-0.2, 0) is 0 Å². The Bertz CT molecular complexity index is 101. The molecular weight excluding hydrogens is 108 g/mol. The standard InChI is InChI=1S/C9H16/c1-8-6-9(7-8)4-2-3-5-9/h8H,2-7H2,1H3. The van der Waals surface area contributed by atoms with Gasteiger partial charge in [-0.3, -0.25) is 0 Å². The van der Waals surface area contributed by atoms with Crippen LogP contribution in [0, 0.1) is 11.3 Å². The maximum absolute atomic E-state index is 2.39. The quantitative estimate of drug-likeness (QED) is 0.465. The van der Waals surface area contributed by atoms with E-state index < -0.39 is 0 Å². The molecule has 0 amide bonds. The number of hydrogen-bond donors (Lipinski definition) is 0. The topological polar surface area (TPSA) is 0 Å². The smallest absolute Gasteiger partial charge is 0.0292 e. The summed E-state index contributed by atoms with van der Waals surface area (Å²) in [6, 6.07) is 0. The summed E-state index contributed by atoms with van der Waals surface area (Å²) in [6.07, 6.45) is 9.24. The number of hydrogen-bond acceptors (Lipinski definition) is 0. The fourth-order valence-corrected chi connectivity index (χ4v) is 2.95. The summed E-state index contributed by atoms with van der Waals surface area (Å²) >= 11 is 0. The first kappa shape index (κ1) is 5.76. The van der Waals surface area contributed by atoms with Crippen molar-refractivity contribution in [1.82, 2.24) is 0 Å². The van der Waals surface area contributed by atoms with Crippen LogP contribution in [0.25, 0.3) is 0 Å². The molecule has 0 aromatic heterocycles. The summed E-state index contributed by atoms with van der Waals surface area (Å²) in [6.45, 7) is 2.39. The summed E-state index contributed by atoms with van der Waals surface area (Å²) in [4.78, 5) is 0. The van der Waals surface area contributed by atoms with Crippen LogP contribution in [0.1, 0.15) is 45.4 Å². The lowest BCUT2D eigenvalue weighted by atomic mass is 9.62. The van der Waals surface area contributed by atoms with Gasteiger partial charge in [0.05, 0.1) is 0 Å². The molecule has 0 N–H and O–H groups in total. The molecule has 0 saturated heterocycles. The normalized spacial score (nSPS) is 33.0. The van der Waals surface area contributed by atoms with E-state index in [0.717, 1.165) is 11.3 Å². The van der Waals surface area contributed by atoms with Crippen molar-refractivity contribution < 1.29 is 0 Å². The lowest BCUT2D eigenvalue weighted by Gasteiger charge is -2.44. The third kappa shape index (κ3) is 0.798. The Labute approximate surface area is 57.6 Å². The Morgan fingerprint density at radius 1 is 1.11 bits per heavy atom. The minimum absolute atomic E-state index is 0.888. The van der Waals surface area contributed by atoms with Crippen molar-refractivity contribution in [2.24, 2.45) is 11.3 Å². The largest absolute Gasteiger partial charge is 0.0625 e. The fraction of sp³-hybridized carbons (Fsp3) is 1.00. The molecule has 0 bridgehead atoms. The maximum atomic E-state index is 2.39. The Morgan fingerprint density at radius 3 is 2.11 bits per heavy atom. The van der Waals surface area contributed by atoms with Crippen molar-refractivity contribution in [3.63, 3.8) is 0 Å². The minimum Gasteiger partial charge on any atom is -0.0625 e. The van der Waals surface area contributed by atoms with Gasteiger partial charge in [0.25, 0.3) is 0 Å². The fourth-order valence-electron chi connectivity index (χ4n) is 2.95. The average molecular weight is 124 g/mol. The van der Waals surface area contributed by atoms with E-state index >= 15 is 0 Å². The lowest BCUT2D eigenvalue weighted by Crippen LogP contribution is -2.32. The van der Waals surface area contributed by atoms with Gasteiger partial charge in [-0.05, 0) is 37.0 Å². The van der Waals surface area contributed by atoms with Crippen LogP contribution in [-0.4, -0.2) is 0 Å². The van der Waals surface area contributed by atoms with E-state index in [1.807, 2.05) is 0 Å². The van der Waals surface area contributed by atoms with E-state index in [4.69, 9.17) is 0 Å². The molecule has 0 heteroatoms. The molecular formula is C9H16. The SMILES string of the molecule is CC1CC2(CCCC2)C1. The highest BCUT2D eigenvalue weighted by Crippen LogP contribution is 2.55. The molecule has 1 spiro atoms. The van der Waals surface area contributed by atoms with Crippen LogP contribution in [0.4, 0.5) is 0 Å². The second-order valence-corrected chi connectivity index (χ2v) is 4.22. The van der Waals surface area contributed by atoms with Gasteiger partial charge in [0.1, 0.15) is 0 Å². The van der Waals surface area contributed by atoms with E-state index in [2.05, 4.69) is 6.92 Å². The van der Waals surface area contributed by atoms with E-state index in [1.54, 1.807) is 25.7 Å². The Morgan fingerprint density at radius 2 is 1.67 bits per heavy atom. The molecule has 0 aliphatic heterocycles. The third-order valence-corrected chi connectivity index (χ3v) is 3.23. The van der Waals surface area contributed by atoms with Crippen molar-refractivity contribution in [2.75, 3.05) is 0 Å². The molecule has 2 rings (SSSR count). The molecule has 2 aliphatic carbocycles. The highest BCUT2D eigenvalue weighted by atomic mass is 14.5. The molecule has 0 heterocycles. The first-order chi connectivity index (χ1) is 4.31. The van der Waals surface area contributed by atoms with Crippen LogP contribution in [0.2, 0.25) is 0 Å². The van der Waals surface area contributed by atoms with Gasteiger partial charge in [-0.15, -0.1) is 0 Å². The van der Waals surface area contributed by atoms with Gasteiger partial charge in [-0.2, -0.15) is 0 Å². The van der Waals surface area contributed by atoms with Crippen LogP contribution >= 0.6 is 0 Å². The zero-order chi connectivity index (χ0) is 6.32. The van der Waals surface area contributed by atoms with Crippen LogP contribution in [0.15, 0.2) is 0 Å². The van der Waals surface area contributed by atoms with Gasteiger partial charge in [-0.1, -0.05) is 19.8 Å². The van der Waals surface area contributed by atoms with E-state index in [-0.39, 0.29) is 0 Å². The van der Waals surface area contributed by atoms with Crippen molar-refractivity contribution in [3.8, 4) is 0 Å². The summed E-state index contributed by atoms with van der Waals surface area (Å²) in [5, 5.41) is 0. The summed E-state index contributed by atoms with van der Waals surface area (Å²) in [7, 11) is 0. The predicted octanol–water partition coefficient (Wildman–Crippen LogP) is 2.98. The highest BCUT2D eigenvalue weighted by Gasteiger charge is 2.43. The van der Waals surface area contributed by atoms with Gasteiger partial charge in [0.15, 0.2) is 0 Å². The Hall–Kier alpha value is 0. The zero-order valence-corrected chi connectivity index (χ0v) is 6.32. The second-order valence-electron chi connectivity index (χ2n) is 4.22. The van der Waals surface area contributed by atoms with Crippen molar-refractivity contribution in [1.29, 1.82) is 0 Å². The van der Waals surface area contributed by atoms with Crippen molar-refractivity contribution >= 4 is 0 Å². The summed E-state index contributed by atoms with van der Waals surface area (Å²) in [5.41, 5.74) is 0.888. The zero-order valence-electron chi connectivity index (χ0n) is 6.32. The molecule has 9 heavy (non-hydrogen) atoms. The molecule has 2 aliphatic rings. The molecule has 0 aromatic carbocycles. The van der Waals surface area contributed by atoms with Gasteiger partial charge < -0.3 is 0 Å². The Kier molecular flexibility index (Phi) is 1.12. The highest BCUT2D eigenvalue weighted by molar-refractivity contribution is 4.94. The van der Waals surface area contributed by atoms with Crippen LogP contribution in [0.5, 0.6) is 0 Å². The molecule has 52 valence electrons. The Balaban J connectivity index is 1.95. The second kappa shape index (κ2) is 1.74. The van der Waals surface area contributed by atoms with Gasteiger partial charge in [0, 0.05) is 0 Å². The molecule has 2 saturated carbocycles. The predicted molar refractivity (Wildman–Crippen MR) is 39.3 cm³/mol. The van der Waals surface area contributed by atoms with Gasteiger partial charge >= 0.3 is 0 Å². The first-order valence-electron chi connectivity index (χ1n) is 4.31. The molecule has 0 radical (unpaired) electrons. The summed E-state index contributed by atoms with van der Waals surface area (Å²) < 4.78 is 0. The molecule has 0 unspecified atom stereocenters. The average Bonchev–Trinajstić information content (AvgIpc) is 2.12. The van der Waals surface area contributed by atoms with Gasteiger partial charge in [0.2, 0.25) is 0 Å². The van der Waals surface area contributed by atoms with Crippen LogP contribution < -0.4 is 0 Å². The van der Waals surface area contributed by atoms with Crippen molar-refractivity contribution in [2.45, 2.75) is 45.4 Å². The third-order valence-electron chi connectivity index (χ3n) is 3.23. The van der Waals surface area contributed by atoms with Crippen molar-refractivity contribution in [3.05, 3.63) is 0 Å². The summed E-state index contributed by atoms with van der Waals surface area (Å²) in [5.74, 6) is 1.06. The molecule has 2 fully saturated rings. The lowest BCUT2D eigenvalue weighted by molar-refractivity contribution is 0.0745. The number of rotatable bonds is 0. The minimum atomic E-state index is 0.888. The molecule has 0 aromatic rings. The van der Waals surface area contributed by atoms with E-state index in [1.165, 1.54) is 12.8 Å². The maximum Gasteiger partial charge on any atom is -0.0292 e. The van der Waals surface area contributed by atoms with Gasteiger partial charge in [-0.25, -0.2) is 0 Å². The molecule has 0 nitrogen and oxygen atoms in total. The van der Waals surface area contributed by atoms with E-state index in [0.29, 0.717) is 0 Å². The molecule has 0 atom stereocenters. The monoisotopic (exact) mass is 124 g/mol. The first-order valence-corrected chi connectivity index (χ1v) is 4.31. The van der Waals surface area contributed by atoms with E-state index in [9.17, 15) is 0 Å².